The molecule has 2 aromatic carbocycles. The number of nitrogens with two attached hydrogens (primary N) is 1. The molecule has 3 rings (SSSR count). The third-order valence-electron chi connectivity index (χ3n) is 3.36. The molecule has 3 N–H and O–H groups in total. The maximum atomic E-state index is 11.7. The molecular weight excluding hydrogens is 280 g/mol. The van der Waals surface area contributed by atoms with Crippen LogP contribution in [-0.4, -0.2) is 26.1 Å². The topological polar surface area (TPSA) is 94.0 Å². The molecule has 0 aliphatic carbocycles. The van der Waals surface area contributed by atoms with Crippen LogP contribution in [0.4, 0.5) is 0 Å². The number of hydrogen-bond donors (Lipinski definition) is 2. The Morgan fingerprint density at radius 3 is 2.59 bits per heavy atom. The number of fused-ring (bicyclic) bond motifs is 1. The average molecular weight is 294 g/mol. The van der Waals surface area contributed by atoms with Crippen molar-refractivity contribution in [2.45, 2.75) is 6.92 Å². The molecule has 0 atom stereocenters. The molecule has 1 heterocycles. The number of carboxylic acids is 1. The van der Waals surface area contributed by atoms with Gasteiger partial charge in [0.1, 0.15) is 5.52 Å². The van der Waals surface area contributed by atoms with Crippen molar-refractivity contribution in [2.75, 3.05) is 0 Å². The van der Waals surface area contributed by atoms with Crippen LogP contribution in [0, 0.1) is 6.92 Å². The quantitative estimate of drug-likeness (QED) is 0.721. The summed E-state index contributed by atoms with van der Waals surface area (Å²) in [6.07, 6.45) is 0. The lowest BCUT2D eigenvalue weighted by Crippen LogP contribution is -2.15. The van der Waals surface area contributed by atoms with Crippen molar-refractivity contribution in [2.24, 2.45) is 5.73 Å². The first-order valence-corrected chi connectivity index (χ1v) is 6.69. The highest BCUT2D eigenvalue weighted by Gasteiger charge is 2.20. The van der Waals surface area contributed by atoms with E-state index in [1.54, 1.807) is 30.3 Å². The molecule has 0 fully saturated rings. The summed E-state index contributed by atoms with van der Waals surface area (Å²) in [4.78, 5) is 11.7. The lowest BCUT2D eigenvalue weighted by molar-refractivity contribution is -0.130. The first-order valence-electron chi connectivity index (χ1n) is 6.69. The normalized spacial score (nSPS) is 12.2. The Morgan fingerprint density at radius 1 is 1.18 bits per heavy atom. The fourth-order valence-electron chi connectivity index (χ4n) is 2.27. The molecule has 1 aromatic heterocycles. The maximum Gasteiger partial charge on any atom is 0.356 e. The van der Waals surface area contributed by atoms with Crippen LogP contribution in [0.15, 0.2) is 48.5 Å². The van der Waals surface area contributed by atoms with Crippen LogP contribution in [-0.2, 0) is 4.79 Å². The molecule has 0 radical (unpaired) electrons. The standard InChI is InChI=1S/C16H14N4O2/c1-10-7-8-12-13(9-10)20(19-18-12)15(16(21)22)14(17)11-5-3-2-4-6-11/h2-9H,17H2,1H3,(H,21,22)/b15-14+. The molecule has 3 aromatic rings. The van der Waals surface area contributed by atoms with Gasteiger partial charge in [0.2, 0.25) is 0 Å². The van der Waals surface area contributed by atoms with E-state index in [0.717, 1.165) is 5.56 Å². The number of aryl methyl sites for hydroxylation is 1. The number of benzene rings is 2. The highest BCUT2D eigenvalue weighted by Crippen LogP contribution is 2.22. The number of aliphatic carboxylic acids is 1. The van der Waals surface area contributed by atoms with Gasteiger partial charge in [0.15, 0.2) is 5.70 Å². The van der Waals surface area contributed by atoms with E-state index in [9.17, 15) is 9.90 Å². The van der Waals surface area contributed by atoms with Gasteiger partial charge in [0, 0.05) is 0 Å². The molecule has 0 amide bonds. The summed E-state index contributed by atoms with van der Waals surface area (Å²) < 4.78 is 1.27. The summed E-state index contributed by atoms with van der Waals surface area (Å²) in [5, 5.41) is 17.5. The number of carboxylic acid groups (broad SMARTS) is 1. The summed E-state index contributed by atoms with van der Waals surface area (Å²) in [6, 6.07) is 14.5. The molecule has 0 saturated carbocycles. The molecule has 110 valence electrons. The van der Waals surface area contributed by atoms with Crippen molar-refractivity contribution in [3.63, 3.8) is 0 Å². The minimum atomic E-state index is -1.16. The molecule has 6 heteroatoms. The number of aromatic nitrogens is 3. The van der Waals surface area contributed by atoms with Gasteiger partial charge >= 0.3 is 5.97 Å². The van der Waals surface area contributed by atoms with Crippen molar-refractivity contribution in [1.29, 1.82) is 0 Å². The molecular formula is C16H14N4O2. The van der Waals surface area contributed by atoms with Crippen molar-refractivity contribution in [3.8, 4) is 0 Å². The highest BCUT2D eigenvalue weighted by molar-refractivity contribution is 6.18. The van der Waals surface area contributed by atoms with Crippen LogP contribution in [0.25, 0.3) is 22.4 Å². The zero-order valence-corrected chi connectivity index (χ0v) is 11.9. The van der Waals surface area contributed by atoms with Crippen LogP contribution in [0.3, 0.4) is 0 Å². The van der Waals surface area contributed by atoms with Crippen molar-refractivity contribution >= 4 is 28.4 Å². The van der Waals surface area contributed by atoms with E-state index in [1.165, 1.54) is 4.68 Å². The summed E-state index contributed by atoms with van der Waals surface area (Å²) in [7, 11) is 0. The average Bonchev–Trinajstić information content (AvgIpc) is 2.91. The lowest BCUT2D eigenvalue weighted by Gasteiger charge is -2.09. The van der Waals surface area contributed by atoms with E-state index in [-0.39, 0.29) is 11.4 Å². The van der Waals surface area contributed by atoms with Gasteiger partial charge in [-0.05, 0) is 30.2 Å². The number of carbonyl (C=O) groups is 1. The monoisotopic (exact) mass is 294 g/mol. The molecule has 0 aliphatic rings. The summed E-state index contributed by atoms with van der Waals surface area (Å²) in [5.41, 5.74) is 8.93. The van der Waals surface area contributed by atoms with Gasteiger partial charge in [-0.2, -0.15) is 0 Å². The predicted octanol–water partition coefficient (Wildman–Crippen LogP) is 2.11. The zero-order valence-electron chi connectivity index (χ0n) is 11.9. The van der Waals surface area contributed by atoms with Crippen LogP contribution < -0.4 is 5.73 Å². The van der Waals surface area contributed by atoms with Crippen molar-refractivity contribution in [1.82, 2.24) is 15.0 Å². The summed E-state index contributed by atoms with van der Waals surface area (Å²) in [6.45, 7) is 1.92. The molecule has 0 saturated heterocycles. The Morgan fingerprint density at radius 2 is 1.91 bits per heavy atom. The largest absolute Gasteiger partial charge is 0.476 e. The van der Waals surface area contributed by atoms with Gasteiger partial charge in [-0.1, -0.05) is 41.6 Å². The van der Waals surface area contributed by atoms with E-state index in [1.807, 2.05) is 25.1 Å². The Bertz CT molecular complexity index is 882. The smallest absolute Gasteiger partial charge is 0.356 e. The van der Waals surface area contributed by atoms with E-state index in [0.29, 0.717) is 16.6 Å². The summed E-state index contributed by atoms with van der Waals surface area (Å²) >= 11 is 0. The minimum absolute atomic E-state index is 0.112. The SMILES string of the molecule is Cc1ccc2nnn(/C(C(=O)O)=C(/N)c3ccccc3)c2c1. The van der Waals surface area contributed by atoms with Gasteiger partial charge < -0.3 is 10.8 Å². The molecule has 0 bridgehead atoms. The first-order chi connectivity index (χ1) is 10.6. The maximum absolute atomic E-state index is 11.7. The predicted molar refractivity (Wildman–Crippen MR) is 83.6 cm³/mol. The second kappa shape index (κ2) is 5.33. The summed E-state index contributed by atoms with van der Waals surface area (Å²) in [5.74, 6) is -1.16. The Labute approximate surface area is 126 Å². The van der Waals surface area contributed by atoms with Gasteiger partial charge in [0.25, 0.3) is 0 Å². The zero-order chi connectivity index (χ0) is 15.7. The van der Waals surface area contributed by atoms with E-state index in [4.69, 9.17) is 5.73 Å². The van der Waals surface area contributed by atoms with Gasteiger partial charge in [-0.3, -0.25) is 0 Å². The van der Waals surface area contributed by atoms with Crippen molar-refractivity contribution < 1.29 is 9.90 Å². The lowest BCUT2D eigenvalue weighted by atomic mass is 10.1. The van der Waals surface area contributed by atoms with Gasteiger partial charge in [-0.25, -0.2) is 9.48 Å². The second-order valence-corrected chi connectivity index (χ2v) is 4.93. The number of rotatable bonds is 3. The van der Waals surface area contributed by atoms with Crippen LogP contribution in [0.1, 0.15) is 11.1 Å². The molecule has 0 unspecified atom stereocenters. The molecule has 0 spiro atoms. The van der Waals surface area contributed by atoms with Gasteiger partial charge in [0.05, 0.1) is 11.2 Å². The number of hydrogen-bond acceptors (Lipinski definition) is 4. The third kappa shape index (κ3) is 2.31. The van der Waals surface area contributed by atoms with Gasteiger partial charge in [-0.15, -0.1) is 5.10 Å². The Balaban J connectivity index is 2.28. The van der Waals surface area contributed by atoms with Crippen LogP contribution in [0.2, 0.25) is 0 Å². The van der Waals surface area contributed by atoms with Crippen LogP contribution in [0.5, 0.6) is 0 Å². The molecule has 22 heavy (non-hydrogen) atoms. The van der Waals surface area contributed by atoms with Crippen LogP contribution >= 0.6 is 0 Å². The highest BCUT2D eigenvalue weighted by atomic mass is 16.4. The fraction of sp³-hybridized carbons (Fsp3) is 0.0625. The van der Waals surface area contributed by atoms with E-state index >= 15 is 0 Å². The molecule has 0 aliphatic heterocycles. The Hall–Kier alpha value is -3.15. The number of nitrogens with zero attached hydrogens (tertiary/aromatic N) is 3. The van der Waals surface area contributed by atoms with E-state index < -0.39 is 5.97 Å². The first kappa shape index (κ1) is 13.8. The Kier molecular flexibility index (Phi) is 3.34. The fourth-order valence-corrected chi connectivity index (χ4v) is 2.27. The molecule has 6 nitrogen and oxygen atoms in total. The minimum Gasteiger partial charge on any atom is -0.476 e. The third-order valence-corrected chi connectivity index (χ3v) is 3.36. The van der Waals surface area contributed by atoms with Crippen molar-refractivity contribution in [3.05, 3.63) is 59.7 Å². The second-order valence-electron chi connectivity index (χ2n) is 4.93. The van der Waals surface area contributed by atoms with E-state index in [2.05, 4.69) is 10.3 Å².